The lowest BCUT2D eigenvalue weighted by atomic mass is 9.96. The number of nitrogens with one attached hydrogen (secondary N) is 2. The summed E-state index contributed by atoms with van der Waals surface area (Å²) in [6.07, 6.45) is 9.50. The Balaban J connectivity index is 1.86. The van der Waals surface area contributed by atoms with Gasteiger partial charge in [0.05, 0.1) is 5.69 Å². The quantitative estimate of drug-likeness (QED) is 0.873. The average Bonchev–Trinajstić information content (AvgIpc) is 3.06. The first kappa shape index (κ1) is 17.9. The molecule has 1 aromatic heterocycles. The van der Waals surface area contributed by atoms with E-state index in [1.54, 1.807) is 7.05 Å². The number of hydrogen-bond donors (Lipinski definition) is 2. The van der Waals surface area contributed by atoms with Gasteiger partial charge in [-0.2, -0.15) is 0 Å². The first-order chi connectivity index (χ1) is 13.2. The lowest BCUT2D eigenvalue weighted by Gasteiger charge is -2.29. The van der Waals surface area contributed by atoms with Crippen molar-refractivity contribution in [2.45, 2.75) is 26.2 Å². The number of amides is 1. The SMILES string of the molecule is CNC(=O)c1oc2c(N3CCNCC3)cc(C)cc2c1CC1=CCCC=C1. The summed E-state index contributed by atoms with van der Waals surface area (Å²) in [6, 6.07) is 4.33. The Morgan fingerprint density at radius 2 is 2.07 bits per heavy atom. The number of anilines is 1. The summed E-state index contributed by atoms with van der Waals surface area (Å²) < 4.78 is 6.21. The molecule has 5 heteroatoms. The molecular formula is C22H27N3O2. The van der Waals surface area contributed by atoms with Crippen LogP contribution in [-0.2, 0) is 6.42 Å². The number of allylic oxidation sites excluding steroid dienone is 4. The number of carbonyl (C=O) groups excluding carboxylic acids is 1. The van der Waals surface area contributed by atoms with Gasteiger partial charge in [0, 0.05) is 50.6 Å². The molecular weight excluding hydrogens is 338 g/mol. The van der Waals surface area contributed by atoms with E-state index in [9.17, 15) is 4.79 Å². The highest BCUT2D eigenvalue weighted by Crippen LogP contribution is 2.36. The van der Waals surface area contributed by atoms with Crippen molar-refractivity contribution in [3.05, 3.63) is 52.8 Å². The van der Waals surface area contributed by atoms with Gasteiger partial charge >= 0.3 is 0 Å². The van der Waals surface area contributed by atoms with Crippen molar-refractivity contribution >= 4 is 22.6 Å². The Kier molecular flexibility index (Phi) is 5.03. The van der Waals surface area contributed by atoms with E-state index in [2.05, 4.69) is 52.8 Å². The zero-order chi connectivity index (χ0) is 18.8. The van der Waals surface area contributed by atoms with Gasteiger partial charge in [-0.1, -0.05) is 18.2 Å². The molecule has 2 aliphatic rings. The highest BCUT2D eigenvalue weighted by Gasteiger charge is 2.24. The summed E-state index contributed by atoms with van der Waals surface area (Å²) in [5.41, 5.74) is 5.35. The van der Waals surface area contributed by atoms with E-state index in [-0.39, 0.29) is 5.91 Å². The van der Waals surface area contributed by atoms with Crippen LogP contribution in [0.15, 0.2) is 40.4 Å². The maximum atomic E-state index is 12.6. The Hall–Kier alpha value is -2.53. The first-order valence-electron chi connectivity index (χ1n) is 9.76. The number of fused-ring (bicyclic) bond motifs is 1. The molecule has 5 nitrogen and oxygen atoms in total. The van der Waals surface area contributed by atoms with Crippen LogP contribution in [0, 0.1) is 6.92 Å². The number of carbonyl (C=O) groups is 1. The minimum atomic E-state index is -0.162. The van der Waals surface area contributed by atoms with Crippen LogP contribution in [0.25, 0.3) is 11.0 Å². The maximum Gasteiger partial charge on any atom is 0.287 e. The maximum absolute atomic E-state index is 12.6. The summed E-state index contributed by atoms with van der Waals surface area (Å²) in [7, 11) is 1.65. The lowest BCUT2D eigenvalue weighted by Crippen LogP contribution is -2.43. The third-order valence-electron chi connectivity index (χ3n) is 5.36. The summed E-state index contributed by atoms with van der Waals surface area (Å²) >= 11 is 0. The molecule has 2 N–H and O–H groups in total. The van der Waals surface area contributed by atoms with Crippen LogP contribution in [-0.4, -0.2) is 39.1 Å². The van der Waals surface area contributed by atoms with Crippen LogP contribution >= 0.6 is 0 Å². The highest BCUT2D eigenvalue weighted by molar-refractivity contribution is 6.02. The average molecular weight is 365 g/mol. The molecule has 0 spiro atoms. The predicted molar refractivity (Wildman–Crippen MR) is 110 cm³/mol. The van der Waals surface area contributed by atoms with Gasteiger partial charge in [-0.25, -0.2) is 0 Å². The van der Waals surface area contributed by atoms with E-state index >= 15 is 0 Å². The highest BCUT2D eigenvalue weighted by atomic mass is 16.3. The normalized spacial score (nSPS) is 17.3. The minimum Gasteiger partial charge on any atom is -0.448 e. The number of piperazine rings is 1. The molecule has 0 unspecified atom stereocenters. The molecule has 1 amide bonds. The fraction of sp³-hybridized carbons (Fsp3) is 0.409. The van der Waals surface area contributed by atoms with E-state index in [1.807, 2.05) is 0 Å². The molecule has 2 heterocycles. The molecule has 1 fully saturated rings. The number of aryl methyl sites for hydroxylation is 1. The van der Waals surface area contributed by atoms with Crippen molar-refractivity contribution in [3.63, 3.8) is 0 Å². The zero-order valence-corrected chi connectivity index (χ0v) is 16.1. The molecule has 2 aromatic rings. The largest absolute Gasteiger partial charge is 0.448 e. The van der Waals surface area contributed by atoms with E-state index in [1.165, 1.54) is 11.1 Å². The molecule has 1 saturated heterocycles. The topological polar surface area (TPSA) is 57.5 Å². The number of nitrogens with zero attached hydrogens (tertiary/aromatic N) is 1. The predicted octanol–water partition coefficient (Wildman–Crippen LogP) is 3.33. The van der Waals surface area contributed by atoms with Gasteiger partial charge in [0.1, 0.15) is 0 Å². The molecule has 27 heavy (non-hydrogen) atoms. The van der Waals surface area contributed by atoms with Crippen LogP contribution in [0.3, 0.4) is 0 Å². The molecule has 0 saturated carbocycles. The second-order valence-corrected chi connectivity index (χ2v) is 7.32. The molecule has 0 bridgehead atoms. The Morgan fingerprint density at radius 1 is 1.26 bits per heavy atom. The minimum absolute atomic E-state index is 0.162. The van der Waals surface area contributed by atoms with Crippen LogP contribution in [0.2, 0.25) is 0 Å². The van der Waals surface area contributed by atoms with Crippen LogP contribution < -0.4 is 15.5 Å². The second kappa shape index (κ2) is 7.61. The third-order valence-corrected chi connectivity index (χ3v) is 5.36. The number of benzene rings is 1. The summed E-state index contributed by atoms with van der Waals surface area (Å²) in [6.45, 7) is 5.92. The summed E-state index contributed by atoms with van der Waals surface area (Å²) in [5, 5.41) is 7.19. The molecule has 1 aromatic carbocycles. The van der Waals surface area contributed by atoms with E-state index in [0.29, 0.717) is 5.76 Å². The van der Waals surface area contributed by atoms with E-state index in [0.717, 1.165) is 67.7 Å². The molecule has 1 aliphatic carbocycles. The van der Waals surface area contributed by atoms with Crippen molar-refractivity contribution < 1.29 is 9.21 Å². The Morgan fingerprint density at radius 3 is 2.78 bits per heavy atom. The third kappa shape index (κ3) is 3.52. The second-order valence-electron chi connectivity index (χ2n) is 7.32. The van der Waals surface area contributed by atoms with Crippen molar-refractivity contribution in [1.82, 2.24) is 10.6 Å². The van der Waals surface area contributed by atoms with Gasteiger partial charge in [-0.3, -0.25) is 4.79 Å². The van der Waals surface area contributed by atoms with Crippen molar-refractivity contribution in [2.75, 3.05) is 38.1 Å². The molecule has 1 aliphatic heterocycles. The van der Waals surface area contributed by atoms with Crippen molar-refractivity contribution in [3.8, 4) is 0 Å². The van der Waals surface area contributed by atoms with Crippen molar-refractivity contribution in [2.24, 2.45) is 0 Å². The van der Waals surface area contributed by atoms with Gasteiger partial charge < -0.3 is 20.0 Å². The van der Waals surface area contributed by atoms with Gasteiger partial charge in [0.25, 0.3) is 5.91 Å². The van der Waals surface area contributed by atoms with E-state index in [4.69, 9.17) is 4.42 Å². The van der Waals surface area contributed by atoms with Gasteiger partial charge in [0.2, 0.25) is 0 Å². The van der Waals surface area contributed by atoms with Crippen LogP contribution in [0.1, 0.15) is 34.5 Å². The molecule has 4 rings (SSSR count). The smallest absolute Gasteiger partial charge is 0.287 e. The Labute approximate surface area is 160 Å². The lowest BCUT2D eigenvalue weighted by molar-refractivity contribution is 0.0936. The number of furan rings is 1. The van der Waals surface area contributed by atoms with Crippen LogP contribution in [0.5, 0.6) is 0 Å². The first-order valence-corrected chi connectivity index (χ1v) is 9.76. The number of hydrogen-bond acceptors (Lipinski definition) is 4. The van der Waals surface area contributed by atoms with Gasteiger partial charge in [0.15, 0.2) is 11.3 Å². The van der Waals surface area contributed by atoms with E-state index < -0.39 is 0 Å². The van der Waals surface area contributed by atoms with Crippen molar-refractivity contribution in [1.29, 1.82) is 0 Å². The number of rotatable bonds is 4. The van der Waals surface area contributed by atoms with Gasteiger partial charge in [-0.15, -0.1) is 0 Å². The summed E-state index contributed by atoms with van der Waals surface area (Å²) in [5.74, 6) is 0.278. The monoisotopic (exact) mass is 365 g/mol. The summed E-state index contributed by atoms with van der Waals surface area (Å²) in [4.78, 5) is 14.9. The Bertz CT molecular complexity index is 917. The standard InChI is InChI=1S/C22H27N3O2/c1-15-12-17-18(14-16-6-4-3-5-7-16)21(22(26)23-2)27-20(17)19(13-15)25-10-8-24-9-11-25/h4,6-7,12-13,24H,3,5,8-11,14H2,1-2H3,(H,23,26). The molecule has 142 valence electrons. The fourth-order valence-electron chi connectivity index (χ4n) is 3.99. The zero-order valence-electron chi connectivity index (χ0n) is 16.1. The van der Waals surface area contributed by atoms with Gasteiger partial charge in [-0.05, 0) is 43.0 Å². The van der Waals surface area contributed by atoms with Crippen LogP contribution in [0.4, 0.5) is 5.69 Å². The fourth-order valence-corrected chi connectivity index (χ4v) is 3.99. The molecule has 0 radical (unpaired) electrons. The molecule has 0 atom stereocenters.